The number of aryl methyl sites for hydroxylation is 1. The van der Waals surface area contributed by atoms with Crippen LogP contribution in [0.3, 0.4) is 0 Å². The van der Waals surface area contributed by atoms with Gasteiger partial charge in [0.2, 0.25) is 0 Å². The number of carbonyl (C=O) groups excluding carboxylic acids is 1. The SMILES string of the molecule is CCC(C)c1nc(Cc2c(C)cc(OCC(N)=O)c(F)c2C)ccc1O. The Morgan fingerprint density at radius 2 is 2.08 bits per heavy atom. The second-order valence-corrected chi connectivity index (χ2v) is 6.56. The number of primary amides is 1. The van der Waals surface area contributed by atoms with E-state index in [2.05, 4.69) is 4.98 Å². The number of ether oxygens (including phenoxy) is 1. The minimum Gasteiger partial charge on any atom is -0.506 e. The van der Waals surface area contributed by atoms with Crippen LogP contribution in [-0.4, -0.2) is 22.6 Å². The Morgan fingerprint density at radius 3 is 2.69 bits per heavy atom. The van der Waals surface area contributed by atoms with Gasteiger partial charge in [0, 0.05) is 18.0 Å². The average molecular weight is 360 g/mol. The zero-order valence-electron chi connectivity index (χ0n) is 15.6. The van der Waals surface area contributed by atoms with E-state index in [1.807, 2.05) is 20.8 Å². The second kappa shape index (κ2) is 8.17. The minimum atomic E-state index is -0.658. The number of carbonyl (C=O) groups is 1. The summed E-state index contributed by atoms with van der Waals surface area (Å²) in [5.74, 6) is -0.833. The molecule has 2 aromatic rings. The summed E-state index contributed by atoms with van der Waals surface area (Å²) in [4.78, 5) is 15.4. The molecule has 0 aliphatic rings. The lowest BCUT2D eigenvalue weighted by atomic mass is 9.96. The van der Waals surface area contributed by atoms with Gasteiger partial charge in [-0.15, -0.1) is 0 Å². The van der Waals surface area contributed by atoms with Crippen LogP contribution < -0.4 is 10.5 Å². The van der Waals surface area contributed by atoms with Gasteiger partial charge >= 0.3 is 0 Å². The molecule has 1 aromatic heterocycles. The van der Waals surface area contributed by atoms with Crippen LogP contribution in [0.25, 0.3) is 0 Å². The largest absolute Gasteiger partial charge is 0.506 e. The van der Waals surface area contributed by atoms with Gasteiger partial charge in [-0.2, -0.15) is 0 Å². The zero-order valence-corrected chi connectivity index (χ0v) is 15.6. The van der Waals surface area contributed by atoms with Gasteiger partial charge in [0.25, 0.3) is 5.91 Å². The molecule has 0 saturated heterocycles. The van der Waals surface area contributed by atoms with Crippen LogP contribution in [-0.2, 0) is 11.2 Å². The standard InChI is InChI=1S/C20H25FN2O3/c1-5-11(2)20-16(24)7-6-14(23-20)9-15-12(3)8-17(19(21)13(15)4)26-10-18(22)25/h6-8,11,24H,5,9-10H2,1-4H3,(H2,22,25). The van der Waals surface area contributed by atoms with Crippen molar-refractivity contribution in [2.24, 2.45) is 5.73 Å². The van der Waals surface area contributed by atoms with Crippen molar-refractivity contribution in [2.45, 2.75) is 46.5 Å². The van der Waals surface area contributed by atoms with Crippen LogP contribution in [0.15, 0.2) is 18.2 Å². The smallest absolute Gasteiger partial charge is 0.255 e. The first-order valence-corrected chi connectivity index (χ1v) is 8.63. The Hall–Kier alpha value is -2.63. The second-order valence-electron chi connectivity index (χ2n) is 6.56. The fraction of sp³-hybridized carbons (Fsp3) is 0.400. The molecule has 26 heavy (non-hydrogen) atoms. The molecule has 0 saturated carbocycles. The van der Waals surface area contributed by atoms with Crippen LogP contribution in [0.1, 0.15) is 54.3 Å². The van der Waals surface area contributed by atoms with E-state index in [-0.39, 0.29) is 24.0 Å². The van der Waals surface area contributed by atoms with Crippen LogP contribution in [0.2, 0.25) is 0 Å². The molecular formula is C20H25FN2O3. The highest BCUT2D eigenvalue weighted by molar-refractivity contribution is 5.75. The number of pyridine rings is 1. The summed E-state index contributed by atoms with van der Waals surface area (Å²) in [5, 5.41) is 10.0. The Bertz CT molecular complexity index is 821. The molecule has 140 valence electrons. The molecule has 1 aromatic carbocycles. The number of aromatic hydroxyl groups is 1. The van der Waals surface area contributed by atoms with E-state index in [0.717, 1.165) is 23.2 Å². The van der Waals surface area contributed by atoms with Crippen molar-refractivity contribution in [1.82, 2.24) is 4.98 Å². The first-order valence-electron chi connectivity index (χ1n) is 8.63. The summed E-state index contributed by atoms with van der Waals surface area (Å²) < 4.78 is 19.7. The van der Waals surface area contributed by atoms with Crippen molar-refractivity contribution in [1.29, 1.82) is 0 Å². The van der Waals surface area contributed by atoms with Crippen molar-refractivity contribution < 1.29 is 19.0 Å². The molecule has 1 amide bonds. The van der Waals surface area contributed by atoms with Gasteiger partial charge < -0.3 is 15.6 Å². The van der Waals surface area contributed by atoms with Crippen LogP contribution >= 0.6 is 0 Å². The molecule has 1 unspecified atom stereocenters. The molecule has 0 aliphatic heterocycles. The number of halogens is 1. The third-order valence-corrected chi connectivity index (χ3v) is 4.59. The molecule has 0 radical (unpaired) electrons. The maximum Gasteiger partial charge on any atom is 0.255 e. The van der Waals surface area contributed by atoms with Crippen molar-refractivity contribution in [2.75, 3.05) is 6.61 Å². The highest BCUT2D eigenvalue weighted by Gasteiger charge is 2.17. The molecule has 0 aliphatic carbocycles. The van der Waals surface area contributed by atoms with Crippen LogP contribution in [0.4, 0.5) is 4.39 Å². The summed E-state index contributed by atoms with van der Waals surface area (Å²) in [6, 6.07) is 4.95. The van der Waals surface area contributed by atoms with Gasteiger partial charge in [-0.25, -0.2) is 4.39 Å². The minimum absolute atomic E-state index is 0.0153. The lowest BCUT2D eigenvalue weighted by Crippen LogP contribution is -2.20. The molecule has 3 N–H and O–H groups in total. The van der Waals surface area contributed by atoms with Crippen molar-refractivity contribution >= 4 is 5.91 Å². The molecule has 0 spiro atoms. The summed E-state index contributed by atoms with van der Waals surface area (Å²) in [7, 11) is 0. The Kier molecular flexibility index (Phi) is 6.18. The topological polar surface area (TPSA) is 85.4 Å². The molecular weight excluding hydrogens is 335 g/mol. The van der Waals surface area contributed by atoms with E-state index in [1.165, 1.54) is 0 Å². The molecule has 0 fully saturated rings. The first-order chi connectivity index (χ1) is 12.2. The van der Waals surface area contributed by atoms with Gasteiger partial charge in [-0.3, -0.25) is 9.78 Å². The number of aromatic nitrogens is 1. The fourth-order valence-electron chi connectivity index (χ4n) is 2.83. The molecule has 1 atom stereocenters. The maximum absolute atomic E-state index is 14.6. The number of nitrogens with zero attached hydrogens (tertiary/aromatic N) is 1. The number of benzene rings is 1. The van der Waals surface area contributed by atoms with Gasteiger partial charge in [0.05, 0.1) is 5.69 Å². The zero-order chi connectivity index (χ0) is 19.4. The Balaban J connectivity index is 2.35. The van der Waals surface area contributed by atoms with E-state index < -0.39 is 11.7 Å². The molecule has 5 nitrogen and oxygen atoms in total. The predicted molar refractivity (Wildman–Crippen MR) is 98.0 cm³/mol. The maximum atomic E-state index is 14.6. The Labute approximate surface area is 153 Å². The number of hydrogen-bond donors (Lipinski definition) is 2. The van der Waals surface area contributed by atoms with E-state index in [1.54, 1.807) is 25.1 Å². The number of nitrogens with two attached hydrogens (primary N) is 1. The number of rotatable bonds is 7. The molecule has 2 rings (SSSR count). The normalized spacial score (nSPS) is 12.0. The lowest BCUT2D eigenvalue weighted by molar-refractivity contribution is -0.120. The highest BCUT2D eigenvalue weighted by Crippen LogP contribution is 2.30. The van der Waals surface area contributed by atoms with Gasteiger partial charge in [-0.05, 0) is 55.2 Å². The van der Waals surface area contributed by atoms with Crippen LogP contribution in [0, 0.1) is 19.7 Å². The summed E-state index contributed by atoms with van der Waals surface area (Å²) >= 11 is 0. The predicted octanol–water partition coefficient (Wildman–Crippen LogP) is 3.51. The third kappa shape index (κ3) is 4.31. The summed E-state index contributed by atoms with van der Waals surface area (Å²) in [6.07, 6.45) is 1.30. The van der Waals surface area contributed by atoms with Gasteiger partial charge in [0.15, 0.2) is 18.2 Å². The first kappa shape index (κ1) is 19.7. The van der Waals surface area contributed by atoms with Crippen molar-refractivity contribution in [3.63, 3.8) is 0 Å². The van der Waals surface area contributed by atoms with Gasteiger partial charge in [-0.1, -0.05) is 13.8 Å². The van der Waals surface area contributed by atoms with E-state index in [4.69, 9.17) is 10.5 Å². The average Bonchev–Trinajstić information content (AvgIpc) is 2.61. The monoisotopic (exact) mass is 360 g/mol. The van der Waals surface area contributed by atoms with Crippen LogP contribution in [0.5, 0.6) is 11.5 Å². The molecule has 1 heterocycles. The number of hydrogen-bond acceptors (Lipinski definition) is 4. The van der Waals surface area contributed by atoms with E-state index in [9.17, 15) is 14.3 Å². The third-order valence-electron chi connectivity index (χ3n) is 4.59. The lowest BCUT2D eigenvalue weighted by Gasteiger charge is -2.16. The Morgan fingerprint density at radius 1 is 1.38 bits per heavy atom. The summed E-state index contributed by atoms with van der Waals surface area (Å²) in [5.41, 5.74) is 8.55. The van der Waals surface area contributed by atoms with E-state index in [0.29, 0.717) is 17.7 Å². The highest BCUT2D eigenvalue weighted by atomic mass is 19.1. The number of amides is 1. The van der Waals surface area contributed by atoms with Gasteiger partial charge in [0.1, 0.15) is 5.75 Å². The van der Waals surface area contributed by atoms with E-state index >= 15 is 0 Å². The molecule has 6 heteroatoms. The quantitative estimate of drug-likeness (QED) is 0.791. The van der Waals surface area contributed by atoms with Crippen molar-refractivity contribution in [3.8, 4) is 11.5 Å². The fourth-order valence-corrected chi connectivity index (χ4v) is 2.83. The molecule has 0 bridgehead atoms. The summed E-state index contributed by atoms with van der Waals surface area (Å²) in [6.45, 7) is 7.20. The van der Waals surface area contributed by atoms with Crippen molar-refractivity contribution in [3.05, 3.63) is 52.1 Å².